The van der Waals surface area contributed by atoms with Gasteiger partial charge in [-0.2, -0.15) is 9.40 Å². The standard InChI is InChI=1S/C17H25N5O4S/c1-13-16(14(2)26-19-13)5-6-17(23)21-7-4-8-22(10-9-21)27(24,25)15-11-18-20(3)12-15/h11-12H,4-10H2,1-3H3. The van der Waals surface area contributed by atoms with Gasteiger partial charge in [-0.25, -0.2) is 8.42 Å². The Kier molecular flexibility index (Phi) is 5.66. The Balaban J connectivity index is 1.60. The Morgan fingerprint density at radius 1 is 1.22 bits per heavy atom. The van der Waals surface area contributed by atoms with Crippen LogP contribution in [-0.2, 0) is 28.3 Å². The second-order valence-corrected chi connectivity index (χ2v) is 8.73. The van der Waals surface area contributed by atoms with Gasteiger partial charge in [-0.15, -0.1) is 0 Å². The normalized spacial score (nSPS) is 16.5. The van der Waals surface area contributed by atoms with Gasteiger partial charge >= 0.3 is 0 Å². The molecule has 1 fully saturated rings. The van der Waals surface area contributed by atoms with Crippen LogP contribution in [0.2, 0.25) is 0 Å². The number of hydrogen-bond donors (Lipinski definition) is 0. The van der Waals surface area contributed by atoms with Crippen molar-refractivity contribution in [3.05, 3.63) is 29.4 Å². The predicted molar refractivity (Wildman–Crippen MR) is 97.5 cm³/mol. The molecule has 0 bridgehead atoms. The van der Waals surface area contributed by atoms with Crippen molar-refractivity contribution in [2.45, 2.75) is 38.0 Å². The van der Waals surface area contributed by atoms with E-state index in [4.69, 9.17) is 4.52 Å². The van der Waals surface area contributed by atoms with Crippen molar-refractivity contribution in [1.29, 1.82) is 0 Å². The number of carbonyl (C=O) groups excluding carboxylic acids is 1. The molecule has 27 heavy (non-hydrogen) atoms. The van der Waals surface area contributed by atoms with Crippen LogP contribution in [0.1, 0.15) is 29.9 Å². The molecule has 0 spiro atoms. The quantitative estimate of drug-likeness (QED) is 0.745. The van der Waals surface area contributed by atoms with Crippen LogP contribution < -0.4 is 0 Å². The predicted octanol–water partition coefficient (Wildman–Crippen LogP) is 0.881. The molecule has 9 nitrogen and oxygen atoms in total. The minimum atomic E-state index is -3.58. The van der Waals surface area contributed by atoms with Crippen LogP contribution in [0.15, 0.2) is 21.8 Å². The van der Waals surface area contributed by atoms with Crippen molar-refractivity contribution in [2.24, 2.45) is 7.05 Å². The Morgan fingerprint density at radius 2 is 2.00 bits per heavy atom. The Hall–Kier alpha value is -2.20. The van der Waals surface area contributed by atoms with Crippen LogP contribution in [0, 0.1) is 13.8 Å². The Bertz CT molecular complexity index is 898. The average molecular weight is 395 g/mol. The van der Waals surface area contributed by atoms with Crippen LogP contribution in [0.25, 0.3) is 0 Å². The minimum absolute atomic E-state index is 0.0237. The number of nitrogens with zero attached hydrogens (tertiary/aromatic N) is 5. The van der Waals surface area contributed by atoms with Gasteiger partial charge in [0.15, 0.2) is 0 Å². The highest BCUT2D eigenvalue weighted by molar-refractivity contribution is 7.89. The molecule has 1 amide bonds. The number of hydrogen-bond acceptors (Lipinski definition) is 6. The van der Waals surface area contributed by atoms with E-state index in [1.54, 1.807) is 11.9 Å². The Labute approximate surface area is 159 Å². The second kappa shape index (κ2) is 7.81. The zero-order valence-corrected chi connectivity index (χ0v) is 16.7. The molecule has 0 aliphatic carbocycles. The van der Waals surface area contributed by atoms with Crippen LogP contribution in [0.4, 0.5) is 0 Å². The third-order valence-corrected chi connectivity index (χ3v) is 6.75. The number of carbonyl (C=O) groups is 1. The van der Waals surface area contributed by atoms with E-state index in [0.29, 0.717) is 38.9 Å². The third kappa shape index (κ3) is 4.22. The van der Waals surface area contributed by atoms with E-state index in [9.17, 15) is 13.2 Å². The van der Waals surface area contributed by atoms with E-state index in [1.165, 1.54) is 21.4 Å². The first-order valence-corrected chi connectivity index (χ1v) is 10.4. The maximum Gasteiger partial charge on any atom is 0.246 e. The summed E-state index contributed by atoms with van der Waals surface area (Å²) in [5.41, 5.74) is 1.78. The summed E-state index contributed by atoms with van der Waals surface area (Å²) >= 11 is 0. The molecule has 0 saturated carbocycles. The maximum atomic E-state index is 12.7. The van der Waals surface area contributed by atoms with Gasteiger partial charge < -0.3 is 9.42 Å². The average Bonchev–Trinajstić information content (AvgIpc) is 3.09. The maximum absolute atomic E-state index is 12.7. The first-order chi connectivity index (χ1) is 12.8. The van der Waals surface area contributed by atoms with E-state index in [0.717, 1.165) is 17.0 Å². The van der Waals surface area contributed by atoms with Crippen LogP contribution in [-0.4, -0.2) is 64.6 Å². The fraction of sp³-hybridized carbons (Fsp3) is 0.588. The Morgan fingerprint density at radius 3 is 2.63 bits per heavy atom. The SMILES string of the molecule is Cc1noc(C)c1CCC(=O)N1CCCN(S(=O)(=O)c2cnn(C)c2)CC1. The highest BCUT2D eigenvalue weighted by Crippen LogP contribution is 2.18. The zero-order chi connectivity index (χ0) is 19.6. The van der Waals surface area contributed by atoms with Crippen molar-refractivity contribution >= 4 is 15.9 Å². The van der Waals surface area contributed by atoms with E-state index >= 15 is 0 Å². The molecule has 10 heteroatoms. The number of amides is 1. The van der Waals surface area contributed by atoms with Crippen molar-refractivity contribution in [1.82, 2.24) is 24.1 Å². The van der Waals surface area contributed by atoms with Gasteiger partial charge in [0.25, 0.3) is 0 Å². The molecule has 0 aromatic carbocycles. The lowest BCUT2D eigenvalue weighted by Crippen LogP contribution is -2.37. The molecule has 3 rings (SSSR count). The molecule has 0 N–H and O–H groups in total. The van der Waals surface area contributed by atoms with Gasteiger partial charge in [0, 0.05) is 51.4 Å². The second-order valence-electron chi connectivity index (χ2n) is 6.79. The van der Waals surface area contributed by atoms with Crippen molar-refractivity contribution in [2.75, 3.05) is 26.2 Å². The summed E-state index contributed by atoms with van der Waals surface area (Å²) < 4.78 is 33.5. The van der Waals surface area contributed by atoms with E-state index < -0.39 is 10.0 Å². The van der Waals surface area contributed by atoms with E-state index in [-0.39, 0.29) is 17.3 Å². The zero-order valence-electron chi connectivity index (χ0n) is 15.9. The van der Waals surface area contributed by atoms with Crippen molar-refractivity contribution in [3.8, 4) is 0 Å². The fourth-order valence-corrected chi connectivity index (χ4v) is 4.77. The summed E-state index contributed by atoms with van der Waals surface area (Å²) in [6.45, 7) is 5.33. The lowest BCUT2D eigenvalue weighted by molar-refractivity contribution is -0.131. The number of sulfonamides is 1. The monoisotopic (exact) mass is 395 g/mol. The van der Waals surface area contributed by atoms with Gasteiger partial charge in [-0.3, -0.25) is 9.48 Å². The lowest BCUT2D eigenvalue weighted by atomic mass is 10.1. The molecule has 0 atom stereocenters. The van der Waals surface area contributed by atoms with Crippen LogP contribution in [0.5, 0.6) is 0 Å². The van der Waals surface area contributed by atoms with Gasteiger partial charge in [0.1, 0.15) is 10.7 Å². The van der Waals surface area contributed by atoms with Gasteiger partial charge in [-0.1, -0.05) is 5.16 Å². The van der Waals surface area contributed by atoms with E-state index in [2.05, 4.69) is 10.3 Å². The molecular formula is C17H25N5O4S. The summed E-state index contributed by atoms with van der Waals surface area (Å²) in [6.07, 6.45) is 4.39. The third-order valence-electron chi connectivity index (χ3n) is 4.90. The molecule has 2 aromatic rings. The molecule has 2 aromatic heterocycles. The van der Waals surface area contributed by atoms with Gasteiger partial charge in [-0.05, 0) is 26.7 Å². The summed E-state index contributed by atoms with van der Waals surface area (Å²) in [7, 11) is -1.90. The molecule has 3 heterocycles. The molecule has 148 valence electrons. The summed E-state index contributed by atoms with van der Waals surface area (Å²) in [5.74, 6) is 0.764. The first-order valence-electron chi connectivity index (χ1n) is 8.97. The van der Waals surface area contributed by atoms with Crippen LogP contribution in [0.3, 0.4) is 0 Å². The lowest BCUT2D eigenvalue weighted by Gasteiger charge is -2.21. The summed E-state index contributed by atoms with van der Waals surface area (Å²) in [6, 6.07) is 0. The fourth-order valence-electron chi connectivity index (χ4n) is 3.31. The minimum Gasteiger partial charge on any atom is -0.361 e. The molecule has 0 unspecified atom stereocenters. The number of aryl methyl sites for hydroxylation is 3. The van der Waals surface area contributed by atoms with Gasteiger partial charge in [0.05, 0.1) is 11.9 Å². The molecular weight excluding hydrogens is 370 g/mol. The molecule has 1 aliphatic heterocycles. The van der Waals surface area contributed by atoms with Crippen LogP contribution >= 0.6 is 0 Å². The molecule has 0 radical (unpaired) electrons. The van der Waals surface area contributed by atoms with Crippen molar-refractivity contribution in [3.63, 3.8) is 0 Å². The largest absolute Gasteiger partial charge is 0.361 e. The summed E-state index contributed by atoms with van der Waals surface area (Å²) in [4.78, 5) is 14.5. The smallest absolute Gasteiger partial charge is 0.246 e. The number of rotatable bonds is 5. The highest BCUT2D eigenvalue weighted by atomic mass is 32.2. The summed E-state index contributed by atoms with van der Waals surface area (Å²) in [5, 5.41) is 7.85. The topological polar surface area (TPSA) is 102 Å². The highest BCUT2D eigenvalue weighted by Gasteiger charge is 2.29. The number of aromatic nitrogens is 3. The molecule has 1 saturated heterocycles. The first kappa shape index (κ1) is 19.6. The van der Waals surface area contributed by atoms with Gasteiger partial charge in [0.2, 0.25) is 15.9 Å². The van der Waals surface area contributed by atoms with Crippen molar-refractivity contribution < 1.29 is 17.7 Å². The molecule has 1 aliphatic rings. The van der Waals surface area contributed by atoms with E-state index in [1.807, 2.05) is 13.8 Å².